The first-order valence-corrected chi connectivity index (χ1v) is 15.7. The van der Waals surface area contributed by atoms with Crippen LogP contribution in [0.1, 0.15) is 82.7 Å². The van der Waals surface area contributed by atoms with Crippen LogP contribution < -0.4 is 11.3 Å². The SMILES string of the molecule is CCCc1c(Cc2ccc(-c3ccccc3-c3noc(=O)[nH]3)cc2)c(=O)n(C2CCC(OC(C)C(C)(C)O)CC2)c2ncnn12.[KH]. The van der Waals surface area contributed by atoms with Crippen LogP contribution >= 0.6 is 0 Å². The minimum absolute atomic E-state index is 0. The number of benzene rings is 2. The van der Waals surface area contributed by atoms with Crippen molar-refractivity contribution in [1.82, 2.24) is 29.3 Å². The molecule has 0 radical (unpaired) electrons. The van der Waals surface area contributed by atoms with E-state index in [1.165, 1.54) is 6.33 Å². The van der Waals surface area contributed by atoms with E-state index in [9.17, 15) is 14.7 Å². The number of H-pyrrole nitrogens is 1. The summed E-state index contributed by atoms with van der Waals surface area (Å²) in [6.07, 6.45) is 6.49. The Morgan fingerprint density at radius 1 is 1.07 bits per heavy atom. The molecule has 0 spiro atoms. The summed E-state index contributed by atoms with van der Waals surface area (Å²) in [5.74, 6) is 0.354. The summed E-state index contributed by atoms with van der Waals surface area (Å²) in [6.45, 7) is 7.53. The molecule has 5 aromatic rings. The second-order valence-electron chi connectivity index (χ2n) is 12.5. The number of aryl methyl sites for hydroxylation is 1. The number of rotatable bonds is 10. The van der Waals surface area contributed by atoms with Gasteiger partial charge in [0.2, 0.25) is 5.78 Å². The average Bonchev–Trinajstić information content (AvgIpc) is 3.69. The molecule has 0 amide bonds. The van der Waals surface area contributed by atoms with Gasteiger partial charge >= 0.3 is 57.1 Å². The van der Waals surface area contributed by atoms with E-state index in [4.69, 9.17) is 9.26 Å². The Labute approximate surface area is 309 Å². The second kappa shape index (κ2) is 14.6. The molecule has 2 N–H and O–H groups in total. The summed E-state index contributed by atoms with van der Waals surface area (Å²) in [5.41, 5.74) is 4.32. The number of aromatic amines is 1. The Morgan fingerprint density at radius 2 is 1.76 bits per heavy atom. The van der Waals surface area contributed by atoms with E-state index in [0.717, 1.165) is 65.6 Å². The normalized spacial score (nSPS) is 17.6. The van der Waals surface area contributed by atoms with Gasteiger partial charge in [-0.05, 0) is 69.6 Å². The monoisotopic (exact) mass is 652 g/mol. The van der Waals surface area contributed by atoms with E-state index in [-0.39, 0.29) is 75.2 Å². The van der Waals surface area contributed by atoms with Gasteiger partial charge in [-0.1, -0.05) is 67.0 Å². The molecule has 1 aliphatic carbocycles. The second-order valence-corrected chi connectivity index (χ2v) is 12.5. The number of aromatic nitrogens is 6. The van der Waals surface area contributed by atoms with Crippen LogP contribution in [0.4, 0.5) is 0 Å². The molecule has 0 saturated heterocycles. The summed E-state index contributed by atoms with van der Waals surface area (Å²) < 4.78 is 14.6. The van der Waals surface area contributed by atoms with Crippen molar-refractivity contribution in [3.8, 4) is 22.5 Å². The van der Waals surface area contributed by atoms with Gasteiger partial charge in [0.25, 0.3) is 5.56 Å². The molecule has 1 aliphatic rings. The molecule has 12 heteroatoms. The van der Waals surface area contributed by atoms with Gasteiger partial charge in [-0.3, -0.25) is 18.9 Å². The fraction of sp³-hybridized carbons (Fsp3) is 0.441. The predicted octanol–water partition coefficient (Wildman–Crippen LogP) is 4.46. The zero-order valence-electron chi connectivity index (χ0n) is 26.2. The molecule has 238 valence electrons. The fourth-order valence-corrected chi connectivity index (χ4v) is 6.27. The van der Waals surface area contributed by atoms with Gasteiger partial charge in [0.1, 0.15) is 6.33 Å². The Kier molecular flexibility index (Phi) is 11.0. The van der Waals surface area contributed by atoms with E-state index in [1.54, 1.807) is 13.8 Å². The summed E-state index contributed by atoms with van der Waals surface area (Å²) in [7, 11) is 0. The van der Waals surface area contributed by atoms with Crippen molar-refractivity contribution in [3.05, 3.63) is 92.6 Å². The first kappa shape index (κ1) is 34.6. The van der Waals surface area contributed by atoms with Crippen LogP contribution in [0.3, 0.4) is 0 Å². The number of ether oxygens (including phenoxy) is 1. The Hall–Kier alpha value is -2.71. The third-order valence-electron chi connectivity index (χ3n) is 8.98. The molecule has 0 bridgehead atoms. The van der Waals surface area contributed by atoms with Crippen LogP contribution in [-0.2, 0) is 17.6 Å². The van der Waals surface area contributed by atoms with Crippen molar-refractivity contribution in [2.75, 3.05) is 0 Å². The van der Waals surface area contributed by atoms with Gasteiger partial charge in [-0.2, -0.15) is 10.1 Å². The van der Waals surface area contributed by atoms with Crippen LogP contribution in [0.25, 0.3) is 28.3 Å². The number of hydrogen-bond acceptors (Lipinski definition) is 8. The van der Waals surface area contributed by atoms with Gasteiger partial charge in [0.05, 0.1) is 23.5 Å². The van der Waals surface area contributed by atoms with Crippen LogP contribution in [-0.4, -0.2) is 104 Å². The van der Waals surface area contributed by atoms with Crippen molar-refractivity contribution in [2.24, 2.45) is 0 Å². The summed E-state index contributed by atoms with van der Waals surface area (Å²) >= 11 is 0. The number of aliphatic hydroxyl groups is 1. The first-order valence-electron chi connectivity index (χ1n) is 15.7. The zero-order chi connectivity index (χ0) is 31.7. The Morgan fingerprint density at radius 3 is 2.39 bits per heavy atom. The van der Waals surface area contributed by atoms with Crippen molar-refractivity contribution < 1.29 is 14.4 Å². The average molecular weight is 653 g/mol. The molecular weight excluding hydrogens is 612 g/mol. The molecule has 1 atom stereocenters. The summed E-state index contributed by atoms with van der Waals surface area (Å²) in [6, 6.07) is 15.8. The molecule has 2 aromatic carbocycles. The molecule has 1 saturated carbocycles. The summed E-state index contributed by atoms with van der Waals surface area (Å²) in [5, 5.41) is 18.8. The molecule has 11 nitrogen and oxygen atoms in total. The standard InChI is InChI=1S/C34H40N6O5.K.H/c1-5-8-29-28(19-22-11-13-23(14-12-22)26-9-6-7-10-27(26)30-37-33(42)45-38-30)31(41)39(32-35-20-36-40(29)32)24-15-17-25(18-16-24)44-21(2)34(3,4)43;;/h6-7,9-14,20-21,24-25,43H,5,8,15-19H2,1-4H3,(H,37,38,42);;. The third-order valence-corrected chi connectivity index (χ3v) is 8.98. The quantitative estimate of drug-likeness (QED) is 0.211. The Balaban J connectivity index is 0.00000417. The van der Waals surface area contributed by atoms with Gasteiger partial charge in [-0.25, -0.2) is 9.31 Å². The Bertz CT molecular complexity index is 1890. The van der Waals surface area contributed by atoms with Crippen LogP contribution in [0.5, 0.6) is 0 Å². The molecule has 6 rings (SSSR count). The molecule has 0 aliphatic heterocycles. The predicted molar refractivity (Wildman–Crippen MR) is 177 cm³/mol. The molecule has 1 unspecified atom stereocenters. The number of nitrogens with zero attached hydrogens (tertiary/aromatic N) is 5. The van der Waals surface area contributed by atoms with E-state index in [2.05, 4.69) is 27.1 Å². The number of nitrogens with one attached hydrogen (secondary N) is 1. The molecular formula is C34H41KN6O5. The molecule has 46 heavy (non-hydrogen) atoms. The van der Waals surface area contributed by atoms with Gasteiger partial charge in [0.15, 0.2) is 5.82 Å². The summed E-state index contributed by atoms with van der Waals surface area (Å²) in [4.78, 5) is 33.1. The maximum atomic E-state index is 14.3. The van der Waals surface area contributed by atoms with E-state index in [1.807, 2.05) is 64.5 Å². The van der Waals surface area contributed by atoms with Gasteiger partial charge < -0.3 is 9.84 Å². The van der Waals surface area contributed by atoms with Crippen molar-refractivity contribution in [2.45, 2.75) is 96.5 Å². The van der Waals surface area contributed by atoms with E-state index in [0.29, 0.717) is 24.4 Å². The molecule has 3 heterocycles. The number of fused-ring (bicyclic) bond motifs is 1. The number of hydrogen-bond donors (Lipinski definition) is 2. The van der Waals surface area contributed by atoms with Crippen LogP contribution in [0.15, 0.2) is 69.0 Å². The van der Waals surface area contributed by atoms with Crippen molar-refractivity contribution in [1.29, 1.82) is 0 Å². The minimum atomic E-state index is -0.912. The van der Waals surface area contributed by atoms with Crippen LogP contribution in [0.2, 0.25) is 0 Å². The molecule has 1 fully saturated rings. The van der Waals surface area contributed by atoms with Crippen molar-refractivity contribution >= 4 is 57.2 Å². The van der Waals surface area contributed by atoms with Crippen molar-refractivity contribution in [3.63, 3.8) is 0 Å². The molecule has 3 aromatic heterocycles. The van der Waals surface area contributed by atoms with E-state index >= 15 is 0 Å². The third kappa shape index (κ3) is 7.23. The first-order chi connectivity index (χ1) is 21.6. The fourth-order valence-electron chi connectivity index (χ4n) is 6.27. The topological polar surface area (TPSA) is 141 Å². The zero-order valence-corrected chi connectivity index (χ0v) is 26.2. The maximum absolute atomic E-state index is 14.3. The van der Waals surface area contributed by atoms with E-state index < -0.39 is 11.4 Å². The van der Waals surface area contributed by atoms with Gasteiger partial charge in [0, 0.05) is 23.6 Å². The van der Waals surface area contributed by atoms with Gasteiger partial charge in [-0.15, -0.1) is 0 Å². The van der Waals surface area contributed by atoms with Crippen LogP contribution in [0, 0.1) is 0 Å².